The highest BCUT2D eigenvalue weighted by Crippen LogP contribution is 2.37. The van der Waals surface area contributed by atoms with Crippen molar-refractivity contribution in [3.05, 3.63) is 102 Å². The number of halogens is 3. The molecule has 0 unspecified atom stereocenters. The predicted molar refractivity (Wildman–Crippen MR) is 143 cm³/mol. The summed E-state index contributed by atoms with van der Waals surface area (Å²) < 4.78 is 45.8. The molecule has 38 heavy (non-hydrogen) atoms. The number of anilines is 4. The van der Waals surface area contributed by atoms with Gasteiger partial charge < -0.3 is 20.7 Å². The lowest BCUT2D eigenvalue weighted by atomic mass is 9.86. The van der Waals surface area contributed by atoms with Crippen LogP contribution < -0.4 is 20.7 Å². The second-order valence-corrected chi connectivity index (χ2v) is 9.53. The fourth-order valence-corrected chi connectivity index (χ4v) is 3.76. The molecule has 4 rings (SSSR count). The van der Waals surface area contributed by atoms with Gasteiger partial charge in [0, 0.05) is 23.1 Å². The van der Waals surface area contributed by atoms with Gasteiger partial charge in [0.2, 0.25) is 5.88 Å². The molecule has 0 aliphatic heterocycles. The first kappa shape index (κ1) is 26.5. The Morgan fingerprint density at radius 2 is 1.34 bits per heavy atom. The third kappa shape index (κ3) is 6.61. The molecule has 0 spiro atoms. The number of hydrogen-bond acceptors (Lipinski definition) is 4. The number of nitrogens with one attached hydrogen (secondary N) is 3. The molecular formula is C29H27F3N4O2. The molecule has 0 aliphatic carbocycles. The average molecular weight is 521 g/mol. The van der Waals surface area contributed by atoms with Crippen LogP contribution in [0.3, 0.4) is 0 Å². The number of ether oxygens (including phenoxy) is 1. The highest BCUT2D eigenvalue weighted by Gasteiger charge is 2.33. The molecule has 1 aromatic heterocycles. The minimum Gasteiger partial charge on any atom is -0.437 e. The van der Waals surface area contributed by atoms with Crippen molar-refractivity contribution in [3.8, 4) is 11.6 Å². The van der Waals surface area contributed by atoms with Gasteiger partial charge in [-0.1, -0.05) is 51.1 Å². The van der Waals surface area contributed by atoms with Crippen molar-refractivity contribution in [2.45, 2.75) is 32.4 Å². The first-order chi connectivity index (χ1) is 18.0. The number of hydrogen-bond donors (Lipinski definition) is 3. The van der Waals surface area contributed by atoms with E-state index in [-0.39, 0.29) is 17.0 Å². The van der Waals surface area contributed by atoms with Gasteiger partial charge in [-0.15, -0.1) is 0 Å². The first-order valence-corrected chi connectivity index (χ1v) is 11.8. The molecule has 1 heterocycles. The van der Waals surface area contributed by atoms with E-state index in [1.165, 1.54) is 18.2 Å². The zero-order valence-corrected chi connectivity index (χ0v) is 21.1. The van der Waals surface area contributed by atoms with Crippen molar-refractivity contribution in [3.63, 3.8) is 0 Å². The molecule has 0 atom stereocenters. The van der Waals surface area contributed by atoms with Crippen molar-refractivity contribution in [2.24, 2.45) is 0 Å². The Kier molecular flexibility index (Phi) is 7.57. The van der Waals surface area contributed by atoms with E-state index in [0.717, 1.165) is 11.6 Å². The fourth-order valence-electron chi connectivity index (χ4n) is 3.76. The van der Waals surface area contributed by atoms with E-state index < -0.39 is 17.8 Å². The van der Waals surface area contributed by atoms with Crippen LogP contribution in [-0.2, 0) is 11.6 Å². The molecule has 3 aromatic carbocycles. The van der Waals surface area contributed by atoms with Crippen molar-refractivity contribution in [2.75, 3.05) is 16.0 Å². The van der Waals surface area contributed by atoms with Crippen LogP contribution in [0.15, 0.2) is 91.1 Å². The molecule has 0 aliphatic rings. The van der Waals surface area contributed by atoms with E-state index in [2.05, 4.69) is 41.7 Å². The van der Waals surface area contributed by atoms with Crippen molar-refractivity contribution in [1.82, 2.24) is 4.98 Å². The Morgan fingerprint density at radius 3 is 2.03 bits per heavy atom. The third-order valence-corrected chi connectivity index (χ3v) is 5.58. The maximum Gasteiger partial charge on any atom is 0.418 e. The maximum absolute atomic E-state index is 13.3. The van der Waals surface area contributed by atoms with E-state index in [1.54, 1.807) is 42.6 Å². The Labute approximate surface area is 218 Å². The highest BCUT2D eigenvalue weighted by atomic mass is 19.4. The summed E-state index contributed by atoms with van der Waals surface area (Å²) in [5.74, 6) is 0.875. The Morgan fingerprint density at radius 1 is 0.737 bits per heavy atom. The smallest absolute Gasteiger partial charge is 0.418 e. The molecule has 9 heteroatoms. The molecule has 0 saturated carbocycles. The second kappa shape index (κ2) is 10.8. The van der Waals surface area contributed by atoms with Crippen LogP contribution in [0.1, 0.15) is 31.9 Å². The Bertz CT molecular complexity index is 1410. The monoisotopic (exact) mass is 520 g/mol. The summed E-state index contributed by atoms with van der Waals surface area (Å²) >= 11 is 0. The van der Waals surface area contributed by atoms with Gasteiger partial charge >= 0.3 is 12.2 Å². The van der Waals surface area contributed by atoms with Gasteiger partial charge in [-0.25, -0.2) is 9.78 Å². The lowest BCUT2D eigenvalue weighted by Gasteiger charge is -2.22. The van der Waals surface area contributed by atoms with Crippen LogP contribution in [0, 0.1) is 0 Å². The van der Waals surface area contributed by atoms with E-state index in [0.29, 0.717) is 22.8 Å². The zero-order chi connectivity index (χ0) is 27.3. The Balaban J connectivity index is 1.43. The van der Waals surface area contributed by atoms with E-state index >= 15 is 0 Å². The number of para-hydroxylation sites is 2. The van der Waals surface area contributed by atoms with E-state index in [4.69, 9.17) is 4.74 Å². The molecule has 2 amide bonds. The molecule has 4 aromatic rings. The Hall–Kier alpha value is -4.53. The lowest BCUT2D eigenvalue weighted by molar-refractivity contribution is -0.136. The summed E-state index contributed by atoms with van der Waals surface area (Å²) in [6, 6.07) is 22.0. The summed E-state index contributed by atoms with van der Waals surface area (Å²) in [6.07, 6.45) is -2.91. The molecule has 3 N–H and O–H groups in total. The van der Waals surface area contributed by atoms with Gasteiger partial charge in [0.1, 0.15) is 11.4 Å². The number of carbonyl (C=O) groups excluding carboxylic acids is 1. The number of carbonyl (C=O) groups is 1. The maximum atomic E-state index is 13.3. The van der Waals surface area contributed by atoms with Crippen molar-refractivity contribution in [1.29, 1.82) is 0 Å². The molecule has 6 nitrogen and oxygen atoms in total. The SMILES string of the molecule is CC(C)(C)c1ccccc1Oc1ncccc1NC(=O)Nc1ccc(Nc2ccccc2C(F)(F)F)cc1. The first-order valence-electron chi connectivity index (χ1n) is 11.8. The number of urea groups is 1. The van der Waals surface area contributed by atoms with Crippen LogP contribution in [-0.4, -0.2) is 11.0 Å². The summed E-state index contributed by atoms with van der Waals surface area (Å²) in [5.41, 5.74) is 1.27. The summed E-state index contributed by atoms with van der Waals surface area (Å²) in [7, 11) is 0. The number of alkyl halides is 3. The normalized spacial score (nSPS) is 11.5. The van der Waals surface area contributed by atoms with Crippen LogP contribution in [0.5, 0.6) is 11.6 Å². The number of pyridine rings is 1. The van der Waals surface area contributed by atoms with E-state index in [1.807, 2.05) is 24.3 Å². The predicted octanol–water partition coefficient (Wildman–Crippen LogP) is 8.58. The van der Waals surface area contributed by atoms with Gasteiger partial charge in [0.05, 0.1) is 11.3 Å². The molecule has 0 bridgehead atoms. The molecule has 196 valence electrons. The summed E-state index contributed by atoms with van der Waals surface area (Å²) in [4.78, 5) is 17.0. The molecular weight excluding hydrogens is 493 g/mol. The average Bonchev–Trinajstić information content (AvgIpc) is 2.86. The second-order valence-electron chi connectivity index (χ2n) is 9.53. The largest absolute Gasteiger partial charge is 0.437 e. The van der Waals surface area contributed by atoms with Gasteiger partial charge in [0.15, 0.2) is 0 Å². The van der Waals surface area contributed by atoms with Gasteiger partial charge in [-0.05, 0) is 60.0 Å². The molecule has 0 radical (unpaired) electrons. The van der Waals surface area contributed by atoms with Crippen molar-refractivity contribution < 1.29 is 22.7 Å². The highest BCUT2D eigenvalue weighted by molar-refractivity contribution is 6.00. The summed E-state index contributed by atoms with van der Waals surface area (Å²) in [5, 5.41) is 8.21. The number of rotatable bonds is 6. The van der Waals surface area contributed by atoms with Gasteiger partial charge in [0.25, 0.3) is 0 Å². The number of nitrogens with zero attached hydrogens (tertiary/aromatic N) is 1. The number of benzene rings is 3. The van der Waals surface area contributed by atoms with Crippen LogP contribution in [0.4, 0.5) is 40.7 Å². The van der Waals surface area contributed by atoms with Gasteiger partial charge in [-0.2, -0.15) is 13.2 Å². The standard InChI is InChI=1S/C29H27F3N4O2/c1-28(2,3)22-10-5-7-13-25(22)38-26-24(12-8-18-33-26)36-27(37)35-20-16-14-19(15-17-20)34-23-11-6-4-9-21(23)29(30,31)32/h4-18,34H,1-3H3,(H2,35,36,37). The quantitative estimate of drug-likeness (QED) is 0.238. The zero-order valence-electron chi connectivity index (χ0n) is 21.1. The topological polar surface area (TPSA) is 75.3 Å². The van der Waals surface area contributed by atoms with Crippen molar-refractivity contribution >= 4 is 28.8 Å². The number of amides is 2. The van der Waals surface area contributed by atoms with Crippen LogP contribution >= 0.6 is 0 Å². The molecule has 0 fully saturated rings. The van der Waals surface area contributed by atoms with Gasteiger partial charge in [-0.3, -0.25) is 0 Å². The lowest BCUT2D eigenvalue weighted by Crippen LogP contribution is -2.20. The minimum atomic E-state index is -4.48. The molecule has 0 saturated heterocycles. The number of aromatic nitrogens is 1. The van der Waals surface area contributed by atoms with Crippen LogP contribution in [0.2, 0.25) is 0 Å². The minimum absolute atomic E-state index is 0.0596. The van der Waals surface area contributed by atoms with E-state index in [9.17, 15) is 18.0 Å². The fraction of sp³-hybridized carbons (Fsp3) is 0.172. The summed E-state index contributed by atoms with van der Waals surface area (Å²) in [6.45, 7) is 6.24. The third-order valence-electron chi connectivity index (χ3n) is 5.58. The van der Waals surface area contributed by atoms with Crippen LogP contribution in [0.25, 0.3) is 0 Å².